The van der Waals surface area contributed by atoms with Crippen molar-refractivity contribution in [2.24, 2.45) is 5.92 Å². The van der Waals surface area contributed by atoms with Gasteiger partial charge in [0.1, 0.15) is 12.1 Å². The summed E-state index contributed by atoms with van der Waals surface area (Å²) in [4.78, 5) is 25.9. The van der Waals surface area contributed by atoms with Crippen LogP contribution in [0.4, 0.5) is 10.5 Å². The SMILES string of the molecule is CC(=O)[C@]1(C(C)C)COC(=O)N1c1ccc2c(c1)OCO2. The summed E-state index contributed by atoms with van der Waals surface area (Å²) >= 11 is 0. The van der Waals surface area contributed by atoms with Crippen LogP contribution in [0.15, 0.2) is 18.2 Å². The summed E-state index contributed by atoms with van der Waals surface area (Å²) in [5.41, 5.74) is -0.407. The van der Waals surface area contributed by atoms with Gasteiger partial charge in [0.2, 0.25) is 6.79 Å². The van der Waals surface area contributed by atoms with E-state index in [4.69, 9.17) is 14.2 Å². The molecular formula is C15H17NO5. The Morgan fingerprint density at radius 3 is 2.62 bits per heavy atom. The van der Waals surface area contributed by atoms with Gasteiger partial charge >= 0.3 is 6.09 Å². The number of cyclic esters (lactones) is 1. The molecule has 0 saturated carbocycles. The molecule has 2 aliphatic heterocycles. The van der Waals surface area contributed by atoms with Gasteiger partial charge in [-0.05, 0) is 25.0 Å². The monoisotopic (exact) mass is 291 g/mol. The number of hydrogen-bond donors (Lipinski definition) is 0. The van der Waals surface area contributed by atoms with Crippen LogP contribution < -0.4 is 14.4 Å². The minimum atomic E-state index is -0.981. The average molecular weight is 291 g/mol. The number of hydrogen-bond acceptors (Lipinski definition) is 5. The van der Waals surface area contributed by atoms with Gasteiger partial charge in [-0.15, -0.1) is 0 Å². The highest BCUT2D eigenvalue weighted by Gasteiger charge is 2.54. The van der Waals surface area contributed by atoms with Gasteiger partial charge in [0.15, 0.2) is 17.3 Å². The Morgan fingerprint density at radius 1 is 1.24 bits per heavy atom. The van der Waals surface area contributed by atoms with E-state index in [1.54, 1.807) is 18.2 Å². The Kier molecular flexibility index (Phi) is 3.04. The van der Waals surface area contributed by atoms with E-state index >= 15 is 0 Å². The number of amides is 1. The van der Waals surface area contributed by atoms with Gasteiger partial charge in [-0.3, -0.25) is 9.69 Å². The van der Waals surface area contributed by atoms with Crippen LogP contribution in [0.1, 0.15) is 20.8 Å². The van der Waals surface area contributed by atoms with Crippen molar-refractivity contribution in [1.82, 2.24) is 0 Å². The van der Waals surface area contributed by atoms with Gasteiger partial charge in [-0.25, -0.2) is 4.79 Å². The lowest BCUT2D eigenvalue weighted by molar-refractivity contribution is -0.123. The summed E-state index contributed by atoms with van der Waals surface area (Å²) in [7, 11) is 0. The lowest BCUT2D eigenvalue weighted by Crippen LogP contribution is -2.56. The molecular weight excluding hydrogens is 274 g/mol. The molecule has 0 bridgehead atoms. The molecule has 1 atom stereocenters. The highest BCUT2D eigenvalue weighted by Crippen LogP contribution is 2.41. The number of rotatable bonds is 3. The van der Waals surface area contributed by atoms with Crippen LogP contribution in [0.2, 0.25) is 0 Å². The molecule has 112 valence electrons. The maximum atomic E-state index is 12.2. The van der Waals surface area contributed by atoms with Gasteiger partial charge in [0, 0.05) is 6.07 Å². The maximum Gasteiger partial charge on any atom is 0.415 e. The third-order valence-electron chi connectivity index (χ3n) is 4.18. The van der Waals surface area contributed by atoms with E-state index in [1.807, 2.05) is 13.8 Å². The maximum absolute atomic E-state index is 12.2. The zero-order valence-electron chi connectivity index (χ0n) is 12.2. The first-order valence-electron chi connectivity index (χ1n) is 6.84. The van der Waals surface area contributed by atoms with E-state index in [0.717, 1.165) is 0 Å². The standard InChI is InChI=1S/C15H17NO5/c1-9(2)15(10(3)17)7-19-14(18)16(15)11-4-5-12-13(6-11)21-8-20-12/h4-6,9H,7-8H2,1-3H3/t15-/m1/s1. The molecule has 1 aromatic rings. The Morgan fingerprint density at radius 2 is 1.95 bits per heavy atom. The lowest BCUT2D eigenvalue weighted by Gasteiger charge is -2.36. The fourth-order valence-electron chi connectivity index (χ4n) is 2.91. The summed E-state index contributed by atoms with van der Waals surface area (Å²) in [5.74, 6) is 1.02. The normalized spacial score (nSPS) is 23.6. The van der Waals surface area contributed by atoms with Gasteiger partial charge in [0.25, 0.3) is 0 Å². The topological polar surface area (TPSA) is 65.1 Å². The molecule has 0 aliphatic carbocycles. The second kappa shape index (κ2) is 4.65. The molecule has 0 aromatic heterocycles. The van der Waals surface area contributed by atoms with Gasteiger partial charge < -0.3 is 14.2 Å². The number of Topliss-reactive ketones (excluding diaryl/α,β-unsaturated/α-hetero) is 1. The first-order chi connectivity index (χ1) is 9.96. The molecule has 21 heavy (non-hydrogen) atoms. The predicted molar refractivity (Wildman–Crippen MR) is 74.6 cm³/mol. The van der Waals surface area contributed by atoms with Crippen molar-refractivity contribution in [3.63, 3.8) is 0 Å². The fraction of sp³-hybridized carbons (Fsp3) is 0.467. The van der Waals surface area contributed by atoms with Crippen molar-refractivity contribution in [3.8, 4) is 11.5 Å². The van der Waals surface area contributed by atoms with Crippen molar-refractivity contribution in [2.75, 3.05) is 18.3 Å². The highest BCUT2D eigenvalue weighted by molar-refractivity contribution is 6.03. The molecule has 0 radical (unpaired) electrons. The zero-order valence-corrected chi connectivity index (χ0v) is 12.2. The van der Waals surface area contributed by atoms with Gasteiger partial charge in [0.05, 0.1) is 5.69 Å². The number of anilines is 1. The molecule has 1 amide bonds. The summed E-state index contributed by atoms with van der Waals surface area (Å²) in [6, 6.07) is 5.17. The van der Waals surface area contributed by atoms with Gasteiger partial charge in [-0.2, -0.15) is 0 Å². The van der Waals surface area contributed by atoms with Crippen molar-refractivity contribution in [2.45, 2.75) is 26.3 Å². The second-order valence-electron chi connectivity index (χ2n) is 5.56. The van der Waals surface area contributed by atoms with E-state index in [0.29, 0.717) is 17.2 Å². The minimum absolute atomic E-state index is 0.0628. The number of nitrogens with zero attached hydrogens (tertiary/aromatic N) is 1. The lowest BCUT2D eigenvalue weighted by atomic mass is 9.82. The number of ketones is 1. The van der Waals surface area contributed by atoms with Crippen LogP contribution in [-0.2, 0) is 9.53 Å². The number of benzene rings is 1. The molecule has 2 heterocycles. The fourth-order valence-corrected chi connectivity index (χ4v) is 2.91. The van der Waals surface area contributed by atoms with Crippen molar-refractivity contribution in [3.05, 3.63) is 18.2 Å². The third kappa shape index (κ3) is 1.86. The predicted octanol–water partition coefficient (Wildman–Crippen LogP) is 2.36. The van der Waals surface area contributed by atoms with E-state index in [9.17, 15) is 9.59 Å². The van der Waals surface area contributed by atoms with E-state index in [2.05, 4.69) is 0 Å². The Hall–Kier alpha value is -2.24. The number of ether oxygens (including phenoxy) is 3. The summed E-state index contributed by atoms with van der Waals surface area (Å²) < 4.78 is 15.8. The number of carbonyl (C=O) groups excluding carboxylic acids is 2. The van der Waals surface area contributed by atoms with Crippen molar-refractivity contribution < 1.29 is 23.8 Å². The zero-order chi connectivity index (χ0) is 15.2. The molecule has 3 rings (SSSR count). The summed E-state index contributed by atoms with van der Waals surface area (Å²) in [6.07, 6.45) is -0.516. The number of carbonyl (C=O) groups is 2. The van der Waals surface area contributed by atoms with Crippen LogP contribution in [-0.4, -0.2) is 30.8 Å². The minimum Gasteiger partial charge on any atom is -0.454 e. The number of fused-ring (bicyclic) bond motifs is 1. The molecule has 0 N–H and O–H groups in total. The first kappa shape index (κ1) is 13.7. The van der Waals surface area contributed by atoms with E-state index in [-0.39, 0.29) is 25.1 Å². The van der Waals surface area contributed by atoms with E-state index in [1.165, 1.54) is 11.8 Å². The third-order valence-corrected chi connectivity index (χ3v) is 4.18. The van der Waals surface area contributed by atoms with Crippen LogP contribution in [0, 0.1) is 5.92 Å². The van der Waals surface area contributed by atoms with Crippen LogP contribution >= 0.6 is 0 Å². The molecule has 6 nitrogen and oxygen atoms in total. The van der Waals surface area contributed by atoms with Crippen LogP contribution in [0.5, 0.6) is 11.5 Å². The Balaban J connectivity index is 2.09. The summed E-state index contributed by atoms with van der Waals surface area (Å²) in [5, 5.41) is 0. The van der Waals surface area contributed by atoms with Crippen molar-refractivity contribution >= 4 is 17.6 Å². The van der Waals surface area contributed by atoms with Crippen molar-refractivity contribution in [1.29, 1.82) is 0 Å². The van der Waals surface area contributed by atoms with Crippen LogP contribution in [0.25, 0.3) is 0 Å². The quantitative estimate of drug-likeness (QED) is 0.855. The molecule has 0 spiro atoms. The van der Waals surface area contributed by atoms with E-state index < -0.39 is 11.6 Å². The largest absolute Gasteiger partial charge is 0.454 e. The Bertz CT molecular complexity index is 612. The molecule has 0 unspecified atom stereocenters. The molecule has 1 fully saturated rings. The first-order valence-corrected chi connectivity index (χ1v) is 6.84. The molecule has 1 saturated heterocycles. The highest BCUT2D eigenvalue weighted by atomic mass is 16.7. The smallest absolute Gasteiger partial charge is 0.415 e. The summed E-state index contributed by atoms with van der Waals surface area (Å²) in [6.45, 7) is 5.52. The second-order valence-corrected chi connectivity index (χ2v) is 5.56. The molecule has 6 heteroatoms. The van der Waals surface area contributed by atoms with Crippen LogP contribution in [0.3, 0.4) is 0 Å². The molecule has 2 aliphatic rings. The molecule has 1 aromatic carbocycles. The van der Waals surface area contributed by atoms with Gasteiger partial charge in [-0.1, -0.05) is 13.8 Å². The average Bonchev–Trinajstić information content (AvgIpc) is 3.01. The Labute approximate surface area is 122 Å².